The molecular formula is C20H24ClNOS. The first-order valence-corrected chi connectivity index (χ1v) is 9.71. The highest BCUT2D eigenvalue weighted by Gasteiger charge is 2.13. The fourth-order valence-corrected chi connectivity index (χ4v) is 3.41. The van der Waals surface area contributed by atoms with Crippen LogP contribution in [0.25, 0.3) is 0 Å². The number of benzene rings is 2. The largest absolute Gasteiger partial charge is 0.349 e. The van der Waals surface area contributed by atoms with Crippen LogP contribution in [0.15, 0.2) is 42.5 Å². The van der Waals surface area contributed by atoms with E-state index in [2.05, 4.69) is 44.3 Å². The first kappa shape index (κ1) is 18.9. The maximum atomic E-state index is 12.2. The first-order chi connectivity index (χ1) is 11.5. The summed E-state index contributed by atoms with van der Waals surface area (Å²) in [4.78, 5) is 12.2. The molecule has 0 saturated heterocycles. The highest BCUT2D eigenvalue weighted by atomic mass is 35.5. The van der Waals surface area contributed by atoms with E-state index in [0.717, 1.165) is 17.2 Å². The van der Waals surface area contributed by atoms with Crippen molar-refractivity contribution in [1.29, 1.82) is 0 Å². The van der Waals surface area contributed by atoms with Gasteiger partial charge in [0.2, 0.25) is 5.91 Å². The van der Waals surface area contributed by atoms with E-state index in [1.54, 1.807) is 11.8 Å². The normalized spacial score (nSPS) is 12.0. The lowest BCUT2D eigenvalue weighted by Crippen LogP contribution is -2.29. The molecule has 2 aromatic rings. The third-order valence-electron chi connectivity index (χ3n) is 4.09. The maximum Gasteiger partial charge on any atom is 0.230 e. The molecule has 0 aliphatic heterocycles. The fraction of sp³-hybridized carbons (Fsp3) is 0.350. The van der Waals surface area contributed by atoms with Gasteiger partial charge in [0, 0.05) is 10.8 Å². The molecule has 0 aliphatic rings. The van der Waals surface area contributed by atoms with Crippen LogP contribution in [0.1, 0.15) is 41.6 Å². The summed E-state index contributed by atoms with van der Waals surface area (Å²) in [6.45, 7) is 6.31. The summed E-state index contributed by atoms with van der Waals surface area (Å²) >= 11 is 7.50. The molecule has 0 saturated carbocycles. The van der Waals surface area contributed by atoms with Crippen LogP contribution in [-0.2, 0) is 10.5 Å². The Morgan fingerprint density at radius 1 is 1.12 bits per heavy atom. The summed E-state index contributed by atoms with van der Waals surface area (Å²) in [7, 11) is 0. The summed E-state index contributed by atoms with van der Waals surface area (Å²) in [5.41, 5.74) is 4.89. The number of aryl methyl sites for hydroxylation is 2. The number of carbonyl (C=O) groups is 1. The third kappa shape index (κ3) is 5.57. The molecular weight excluding hydrogens is 338 g/mol. The minimum Gasteiger partial charge on any atom is -0.349 e. The Balaban J connectivity index is 1.85. The van der Waals surface area contributed by atoms with E-state index in [0.29, 0.717) is 5.75 Å². The molecule has 0 bridgehead atoms. The van der Waals surface area contributed by atoms with Gasteiger partial charge in [-0.25, -0.2) is 0 Å². The molecule has 0 heterocycles. The van der Waals surface area contributed by atoms with Gasteiger partial charge in [0.05, 0.1) is 11.8 Å². The second-order valence-electron chi connectivity index (χ2n) is 5.99. The summed E-state index contributed by atoms with van der Waals surface area (Å²) in [6, 6.07) is 14.2. The Morgan fingerprint density at radius 3 is 2.46 bits per heavy atom. The number of amides is 1. The van der Waals surface area contributed by atoms with Gasteiger partial charge in [0.25, 0.3) is 0 Å². The summed E-state index contributed by atoms with van der Waals surface area (Å²) in [5, 5.41) is 3.88. The molecule has 0 aromatic heterocycles. The van der Waals surface area contributed by atoms with Crippen molar-refractivity contribution in [2.24, 2.45) is 0 Å². The Morgan fingerprint density at radius 2 is 1.83 bits per heavy atom. The zero-order chi connectivity index (χ0) is 17.5. The fourth-order valence-electron chi connectivity index (χ4n) is 2.48. The Labute approximate surface area is 154 Å². The van der Waals surface area contributed by atoms with Crippen LogP contribution in [0.2, 0.25) is 5.02 Å². The average molecular weight is 362 g/mol. The topological polar surface area (TPSA) is 29.1 Å². The van der Waals surface area contributed by atoms with Gasteiger partial charge in [-0.05, 0) is 54.7 Å². The Bertz CT molecular complexity index is 685. The standard InChI is InChI=1S/C20H24ClNOS/c1-4-19(17-8-5-14(2)15(3)11-17)22-20(23)13-24-12-16-6-9-18(21)10-7-16/h5-11,19H,4,12-13H2,1-3H3,(H,22,23). The average Bonchev–Trinajstić information content (AvgIpc) is 2.57. The van der Waals surface area contributed by atoms with Crippen LogP contribution in [0.5, 0.6) is 0 Å². The van der Waals surface area contributed by atoms with Gasteiger partial charge < -0.3 is 5.32 Å². The van der Waals surface area contributed by atoms with Crippen LogP contribution in [0, 0.1) is 13.8 Å². The predicted molar refractivity (Wildman–Crippen MR) is 105 cm³/mol. The molecule has 24 heavy (non-hydrogen) atoms. The van der Waals surface area contributed by atoms with E-state index in [1.165, 1.54) is 22.3 Å². The molecule has 0 spiro atoms. The van der Waals surface area contributed by atoms with Crippen molar-refractivity contribution < 1.29 is 4.79 Å². The van der Waals surface area contributed by atoms with Gasteiger partial charge in [0.15, 0.2) is 0 Å². The first-order valence-electron chi connectivity index (χ1n) is 8.18. The highest BCUT2D eigenvalue weighted by molar-refractivity contribution is 7.99. The van der Waals surface area contributed by atoms with Crippen molar-refractivity contribution in [3.05, 3.63) is 69.7 Å². The highest BCUT2D eigenvalue weighted by Crippen LogP contribution is 2.20. The molecule has 128 valence electrons. The minimum atomic E-state index is 0.0768. The molecule has 0 radical (unpaired) electrons. The quantitative estimate of drug-likeness (QED) is 0.709. The number of hydrogen-bond acceptors (Lipinski definition) is 2. The number of hydrogen-bond donors (Lipinski definition) is 1. The number of carbonyl (C=O) groups excluding carboxylic acids is 1. The van der Waals surface area contributed by atoms with Crippen molar-refractivity contribution in [2.75, 3.05) is 5.75 Å². The third-order valence-corrected chi connectivity index (χ3v) is 5.35. The smallest absolute Gasteiger partial charge is 0.230 e. The van der Waals surface area contributed by atoms with Crippen molar-refractivity contribution in [3.8, 4) is 0 Å². The van der Waals surface area contributed by atoms with Crippen LogP contribution < -0.4 is 5.32 Å². The number of halogens is 1. The van der Waals surface area contributed by atoms with Crippen molar-refractivity contribution in [2.45, 2.75) is 39.0 Å². The van der Waals surface area contributed by atoms with Crippen molar-refractivity contribution in [1.82, 2.24) is 5.32 Å². The Hall–Kier alpha value is -1.45. The lowest BCUT2D eigenvalue weighted by atomic mass is 9.99. The lowest BCUT2D eigenvalue weighted by molar-refractivity contribution is -0.119. The van der Waals surface area contributed by atoms with Crippen LogP contribution in [-0.4, -0.2) is 11.7 Å². The molecule has 4 heteroatoms. The van der Waals surface area contributed by atoms with E-state index in [4.69, 9.17) is 11.6 Å². The summed E-state index contributed by atoms with van der Waals surface area (Å²) in [6.07, 6.45) is 0.885. The van der Waals surface area contributed by atoms with Crippen LogP contribution in [0.3, 0.4) is 0 Å². The zero-order valence-electron chi connectivity index (χ0n) is 14.4. The summed E-state index contributed by atoms with van der Waals surface area (Å²) in [5.74, 6) is 1.36. The van der Waals surface area contributed by atoms with E-state index < -0.39 is 0 Å². The number of nitrogens with one attached hydrogen (secondary N) is 1. The van der Waals surface area contributed by atoms with E-state index >= 15 is 0 Å². The lowest BCUT2D eigenvalue weighted by Gasteiger charge is -2.18. The molecule has 2 nitrogen and oxygen atoms in total. The SMILES string of the molecule is CCC(NC(=O)CSCc1ccc(Cl)cc1)c1ccc(C)c(C)c1. The maximum absolute atomic E-state index is 12.2. The van der Waals surface area contributed by atoms with Crippen LogP contribution in [0.4, 0.5) is 0 Å². The van der Waals surface area contributed by atoms with Gasteiger partial charge in [0.1, 0.15) is 0 Å². The monoisotopic (exact) mass is 361 g/mol. The van der Waals surface area contributed by atoms with Crippen molar-refractivity contribution >= 4 is 29.3 Å². The molecule has 1 N–H and O–H groups in total. The Kier molecular flexibility index (Phi) is 7.19. The van der Waals surface area contributed by atoms with Gasteiger partial charge in [-0.2, -0.15) is 0 Å². The zero-order valence-corrected chi connectivity index (χ0v) is 16.0. The number of rotatable bonds is 7. The van der Waals surface area contributed by atoms with Gasteiger partial charge in [-0.15, -0.1) is 11.8 Å². The molecule has 0 fully saturated rings. The molecule has 2 rings (SSSR count). The molecule has 1 atom stereocenters. The predicted octanol–water partition coefficient (Wildman–Crippen LogP) is 5.46. The molecule has 2 aromatic carbocycles. The van der Waals surface area contributed by atoms with E-state index in [9.17, 15) is 4.79 Å². The van der Waals surface area contributed by atoms with Crippen molar-refractivity contribution in [3.63, 3.8) is 0 Å². The van der Waals surface area contributed by atoms with Gasteiger partial charge in [-0.3, -0.25) is 4.79 Å². The second kappa shape index (κ2) is 9.14. The number of thioether (sulfide) groups is 1. The molecule has 1 amide bonds. The van der Waals surface area contributed by atoms with E-state index in [1.807, 2.05) is 24.3 Å². The van der Waals surface area contributed by atoms with Gasteiger partial charge in [-0.1, -0.05) is 48.9 Å². The van der Waals surface area contributed by atoms with Gasteiger partial charge >= 0.3 is 0 Å². The molecule has 0 aliphatic carbocycles. The summed E-state index contributed by atoms with van der Waals surface area (Å²) < 4.78 is 0. The minimum absolute atomic E-state index is 0.0768. The second-order valence-corrected chi connectivity index (χ2v) is 7.41. The molecule has 1 unspecified atom stereocenters. The van der Waals surface area contributed by atoms with E-state index in [-0.39, 0.29) is 11.9 Å². The van der Waals surface area contributed by atoms with Crippen LogP contribution >= 0.6 is 23.4 Å².